The van der Waals surface area contributed by atoms with E-state index in [1.807, 2.05) is 4.90 Å². The minimum absolute atomic E-state index is 0.0204. The zero-order chi connectivity index (χ0) is 15.9. The Hall–Kier alpha value is -1.33. The molecule has 0 bridgehead atoms. The smallest absolute Gasteiger partial charge is 0.339 e. The largest absolute Gasteiger partial charge is 0.462 e. The van der Waals surface area contributed by atoms with Crippen molar-refractivity contribution in [2.75, 3.05) is 13.2 Å². The van der Waals surface area contributed by atoms with E-state index in [1.54, 1.807) is 0 Å². The number of carbonyl (C=O) groups excluding carboxylic acids is 2. The molecule has 1 atom stereocenters. The molecule has 0 spiro atoms. The molecule has 0 radical (unpaired) electrons. The van der Waals surface area contributed by atoms with Crippen LogP contribution in [0.1, 0.15) is 29.6 Å². The molecule has 4 nitrogen and oxygen atoms in total. The molecule has 1 saturated carbocycles. The normalized spacial score (nSPS) is 21.3. The van der Waals surface area contributed by atoms with Gasteiger partial charge >= 0.3 is 5.97 Å². The maximum Gasteiger partial charge on any atom is 0.339 e. The van der Waals surface area contributed by atoms with E-state index >= 15 is 0 Å². The molecule has 2 fully saturated rings. The molecule has 1 aromatic rings. The van der Waals surface area contributed by atoms with Gasteiger partial charge in [0.15, 0.2) is 0 Å². The number of nitrogens with zero attached hydrogens (tertiary/aromatic N) is 1. The average molecular weight is 346 g/mol. The second-order valence-corrected chi connectivity index (χ2v) is 6.51. The van der Waals surface area contributed by atoms with Crippen molar-refractivity contribution in [1.82, 2.24) is 4.90 Å². The lowest BCUT2D eigenvalue weighted by Crippen LogP contribution is -2.28. The summed E-state index contributed by atoms with van der Waals surface area (Å²) in [5.74, 6) is -1.35. The third-order valence-corrected chi connectivity index (χ3v) is 4.51. The molecule has 1 saturated heterocycles. The van der Waals surface area contributed by atoms with Crippen LogP contribution in [0.3, 0.4) is 0 Å². The molecular weight excluding hydrogens is 332 g/mol. The summed E-state index contributed by atoms with van der Waals surface area (Å²) in [5, 5.41) is -0.110. The summed E-state index contributed by atoms with van der Waals surface area (Å²) in [6.07, 6.45) is 2.49. The fourth-order valence-electron chi connectivity index (χ4n) is 2.61. The van der Waals surface area contributed by atoms with Gasteiger partial charge in [-0.2, -0.15) is 0 Å². The van der Waals surface area contributed by atoms with Gasteiger partial charge in [-0.05, 0) is 25.0 Å². The van der Waals surface area contributed by atoms with Crippen LogP contribution < -0.4 is 0 Å². The van der Waals surface area contributed by atoms with E-state index in [0.29, 0.717) is 19.0 Å². The Kier molecular flexibility index (Phi) is 4.28. The number of carbonyl (C=O) groups is 2. The lowest BCUT2D eigenvalue weighted by molar-refractivity contribution is -0.128. The molecule has 0 unspecified atom stereocenters. The standard InChI is InChI=1S/C15H14Cl2FNO3/c16-11-5-12(17)13(18)4-10(11)15(21)22-7-8-3-14(20)19(6-8)9-1-2-9/h4-5,8-9H,1-3,6-7H2/t8-/m0/s1. The predicted molar refractivity (Wildman–Crippen MR) is 79.5 cm³/mol. The lowest BCUT2D eigenvalue weighted by atomic mass is 10.1. The molecule has 1 amide bonds. The van der Waals surface area contributed by atoms with Gasteiger partial charge in [0, 0.05) is 24.9 Å². The molecule has 1 aromatic carbocycles. The van der Waals surface area contributed by atoms with Gasteiger partial charge < -0.3 is 9.64 Å². The lowest BCUT2D eigenvalue weighted by Gasteiger charge is -2.15. The zero-order valence-electron chi connectivity index (χ0n) is 11.7. The van der Waals surface area contributed by atoms with Crippen LogP contribution in [-0.4, -0.2) is 36.0 Å². The predicted octanol–water partition coefficient (Wildman–Crippen LogP) is 3.30. The third-order valence-electron chi connectivity index (χ3n) is 3.91. The van der Waals surface area contributed by atoms with Gasteiger partial charge in [-0.1, -0.05) is 23.2 Å². The number of rotatable bonds is 4. The minimum atomic E-state index is -0.728. The van der Waals surface area contributed by atoms with E-state index in [4.69, 9.17) is 27.9 Å². The van der Waals surface area contributed by atoms with Crippen molar-refractivity contribution in [3.8, 4) is 0 Å². The van der Waals surface area contributed by atoms with Crippen LogP contribution >= 0.6 is 23.2 Å². The summed E-state index contributed by atoms with van der Waals surface area (Å²) in [5.41, 5.74) is -0.0630. The Balaban J connectivity index is 1.59. The number of ether oxygens (including phenoxy) is 1. The van der Waals surface area contributed by atoms with Gasteiger partial charge in [0.25, 0.3) is 0 Å². The monoisotopic (exact) mass is 345 g/mol. The summed E-state index contributed by atoms with van der Waals surface area (Å²) in [4.78, 5) is 25.7. The SMILES string of the molecule is O=C(OC[C@H]1CC(=O)N(C2CC2)C1)c1cc(F)c(Cl)cc1Cl. The average Bonchev–Trinajstić information content (AvgIpc) is 3.24. The van der Waals surface area contributed by atoms with E-state index < -0.39 is 11.8 Å². The molecule has 0 N–H and O–H groups in total. The van der Waals surface area contributed by atoms with E-state index in [2.05, 4.69) is 0 Å². The van der Waals surface area contributed by atoms with Crippen molar-refractivity contribution >= 4 is 35.1 Å². The third kappa shape index (κ3) is 3.20. The molecule has 3 rings (SSSR count). The Morgan fingerprint density at radius 2 is 2.05 bits per heavy atom. The fourth-order valence-corrected chi connectivity index (χ4v) is 3.07. The van der Waals surface area contributed by atoms with Gasteiger partial charge in [-0.25, -0.2) is 9.18 Å². The van der Waals surface area contributed by atoms with Crippen molar-refractivity contribution in [3.63, 3.8) is 0 Å². The molecule has 7 heteroatoms. The van der Waals surface area contributed by atoms with Gasteiger partial charge in [-0.3, -0.25) is 4.79 Å². The number of likely N-dealkylation sites (tertiary alicyclic amines) is 1. The number of benzene rings is 1. The van der Waals surface area contributed by atoms with E-state index in [1.165, 1.54) is 6.07 Å². The summed E-state index contributed by atoms with van der Waals surface area (Å²) in [6.45, 7) is 0.730. The summed E-state index contributed by atoms with van der Waals surface area (Å²) in [6, 6.07) is 2.50. The van der Waals surface area contributed by atoms with Crippen molar-refractivity contribution in [3.05, 3.63) is 33.6 Å². The molecular formula is C15H14Cl2FNO3. The van der Waals surface area contributed by atoms with Crippen LogP contribution in [0, 0.1) is 11.7 Å². The first-order chi connectivity index (χ1) is 10.5. The first kappa shape index (κ1) is 15.6. The molecule has 1 aliphatic heterocycles. The van der Waals surface area contributed by atoms with Gasteiger partial charge in [0.1, 0.15) is 5.82 Å². The topological polar surface area (TPSA) is 46.6 Å². The van der Waals surface area contributed by atoms with Crippen LogP contribution in [-0.2, 0) is 9.53 Å². The number of hydrogen-bond donors (Lipinski definition) is 0. The van der Waals surface area contributed by atoms with Crippen molar-refractivity contribution < 1.29 is 18.7 Å². The van der Waals surface area contributed by atoms with Gasteiger partial charge in [0.05, 0.1) is 22.2 Å². The number of amides is 1. The van der Waals surface area contributed by atoms with Crippen LogP contribution in [0.2, 0.25) is 10.0 Å². The highest BCUT2D eigenvalue weighted by Crippen LogP contribution is 2.33. The highest BCUT2D eigenvalue weighted by molar-refractivity contribution is 6.36. The Morgan fingerprint density at radius 1 is 1.32 bits per heavy atom. The van der Waals surface area contributed by atoms with Crippen molar-refractivity contribution in [2.24, 2.45) is 5.92 Å². The van der Waals surface area contributed by atoms with Crippen LogP contribution in [0.25, 0.3) is 0 Å². The van der Waals surface area contributed by atoms with E-state index in [9.17, 15) is 14.0 Å². The first-order valence-corrected chi connectivity index (χ1v) is 7.82. The number of hydrogen-bond acceptors (Lipinski definition) is 3. The maximum atomic E-state index is 13.4. The maximum absolute atomic E-state index is 13.4. The Bertz CT molecular complexity index is 633. The molecule has 2 aliphatic rings. The number of halogens is 3. The molecule has 118 valence electrons. The van der Waals surface area contributed by atoms with Crippen LogP contribution in [0.15, 0.2) is 12.1 Å². The fraction of sp³-hybridized carbons (Fsp3) is 0.467. The van der Waals surface area contributed by atoms with Crippen molar-refractivity contribution in [2.45, 2.75) is 25.3 Å². The van der Waals surface area contributed by atoms with E-state index in [0.717, 1.165) is 18.9 Å². The highest BCUT2D eigenvalue weighted by atomic mass is 35.5. The van der Waals surface area contributed by atoms with Crippen LogP contribution in [0.4, 0.5) is 4.39 Å². The van der Waals surface area contributed by atoms with Gasteiger partial charge in [-0.15, -0.1) is 0 Å². The summed E-state index contributed by atoms with van der Waals surface area (Å²) >= 11 is 11.5. The minimum Gasteiger partial charge on any atom is -0.462 e. The first-order valence-electron chi connectivity index (χ1n) is 7.07. The number of esters is 1. The summed E-state index contributed by atoms with van der Waals surface area (Å²) in [7, 11) is 0. The summed E-state index contributed by atoms with van der Waals surface area (Å²) < 4.78 is 18.6. The highest BCUT2D eigenvalue weighted by Gasteiger charge is 2.39. The quantitative estimate of drug-likeness (QED) is 0.621. The molecule has 1 aliphatic carbocycles. The Labute approximate surface area is 137 Å². The van der Waals surface area contributed by atoms with Gasteiger partial charge in [0.2, 0.25) is 5.91 Å². The molecule has 1 heterocycles. The molecule has 0 aromatic heterocycles. The second-order valence-electron chi connectivity index (χ2n) is 5.69. The molecule has 22 heavy (non-hydrogen) atoms. The zero-order valence-corrected chi connectivity index (χ0v) is 13.2. The second kappa shape index (κ2) is 6.05. The van der Waals surface area contributed by atoms with Crippen LogP contribution in [0.5, 0.6) is 0 Å². The van der Waals surface area contributed by atoms with E-state index in [-0.39, 0.29) is 34.0 Å². The van der Waals surface area contributed by atoms with Crippen molar-refractivity contribution in [1.29, 1.82) is 0 Å². The Morgan fingerprint density at radius 3 is 2.73 bits per heavy atom.